The minimum absolute atomic E-state index is 0.274. The molecule has 37 heavy (non-hydrogen) atoms. The summed E-state index contributed by atoms with van der Waals surface area (Å²) in [6.07, 6.45) is 5.73. The van der Waals surface area contributed by atoms with Crippen LogP contribution >= 0.6 is 0 Å². The Bertz CT molecular complexity index is 1800. The summed E-state index contributed by atoms with van der Waals surface area (Å²) >= 11 is 0. The van der Waals surface area contributed by atoms with Gasteiger partial charge in [-0.25, -0.2) is 14.2 Å². The third-order valence-corrected chi connectivity index (χ3v) is 6.53. The van der Waals surface area contributed by atoms with Crippen molar-refractivity contribution in [2.24, 2.45) is 0 Å². The first-order valence-electron chi connectivity index (χ1n) is 12.2. The number of aromatic amines is 2. The average molecular weight is 496 g/mol. The molecule has 2 aromatic carbocycles. The van der Waals surface area contributed by atoms with E-state index in [1.807, 2.05) is 43.3 Å². The van der Waals surface area contributed by atoms with Gasteiger partial charge >= 0.3 is 5.69 Å². The second-order valence-electron chi connectivity index (χ2n) is 9.37. The number of aryl methyl sites for hydroxylation is 1. The monoisotopic (exact) mass is 495 g/mol. The van der Waals surface area contributed by atoms with E-state index >= 15 is 0 Å². The van der Waals surface area contributed by atoms with E-state index < -0.39 is 0 Å². The van der Waals surface area contributed by atoms with Gasteiger partial charge < -0.3 is 20.6 Å². The highest BCUT2D eigenvalue weighted by Gasteiger charge is 2.23. The number of anilines is 2. The molecular formula is C28H26FN7O. The first kappa shape index (κ1) is 22.8. The number of halogens is 1. The Morgan fingerprint density at radius 3 is 2.76 bits per heavy atom. The highest BCUT2D eigenvalue weighted by molar-refractivity contribution is 5.72. The standard InChI is InChI=1S/C28H26FN7O/c1-16-5-3-4-6-22(16)23-12-20(29)8-7-18(23)14-30-25-13-26(33-21-9-10-21)36-27(35-25)19(15-31-36)11-24-17(2)32-28(37)34-24/h3-8,11-13,15,21,33H,2,9-10,14H2,1H3,(H,30,35)(H2,32,34,37)/b24-11-. The summed E-state index contributed by atoms with van der Waals surface area (Å²) < 4.78 is 16.0. The van der Waals surface area contributed by atoms with Crippen LogP contribution in [-0.2, 0) is 6.54 Å². The smallest absolute Gasteiger partial charge is 0.323 e. The van der Waals surface area contributed by atoms with Gasteiger partial charge in [-0.2, -0.15) is 9.61 Å². The number of hydrogen-bond acceptors (Lipinski definition) is 5. The molecule has 9 heteroatoms. The fourth-order valence-electron chi connectivity index (χ4n) is 4.44. The predicted octanol–water partition coefficient (Wildman–Crippen LogP) is 3.29. The molecule has 0 spiro atoms. The number of benzene rings is 2. The molecule has 8 nitrogen and oxygen atoms in total. The number of rotatable bonds is 7. The number of imidazole rings is 1. The molecule has 0 aliphatic heterocycles. The second kappa shape index (κ2) is 9.09. The number of nitrogens with one attached hydrogen (secondary N) is 4. The molecule has 4 N–H and O–H groups in total. The normalized spacial score (nSPS) is 13.8. The van der Waals surface area contributed by atoms with Crippen molar-refractivity contribution in [3.63, 3.8) is 0 Å². The van der Waals surface area contributed by atoms with Gasteiger partial charge in [0.1, 0.15) is 17.5 Å². The van der Waals surface area contributed by atoms with E-state index in [0.29, 0.717) is 34.7 Å². The number of fused-ring (bicyclic) bond motifs is 1. The van der Waals surface area contributed by atoms with Crippen molar-refractivity contribution in [2.45, 2.75) is 32.4 Å². The summed E-state index contributed by atoms with van der Waals surface area (Å²) in [5, 5.41) is 12.6. The van der Waals surface area contributed by atoms with E-state index in [2.05, 4.69) is 32.3 Å². The van der Waals surface area contributed by atoms with E-state index in [9.17, 15) is 9.18 Å². The molecular weight excluding hydrogens is 469 g/mol. The third-order valence-electron chi connectivity index (χ3n) is 6.53. The SMILES string of the molecule is C=c1[nH]c(=O)[nH]/c1=C\c1cnn2c(NC3CC3)cc(NCc3ccc(F)cc3-c3ccccc3C)nc12. The van der Waals surface area contributed by atoms with Gasteiger partial charge in [0.25, 0.3) is 0 Å². The molecule has 0 bridgehead atoms. The van der Waals surface area contributed by atoms with Crippen molar-refractivity contribution in [1.29, 1.82) is 0 Å². The number of H-pyrrole nitrogens is 2. The molecule has 3 aromatic heterocycles. The minimum Gasteiger partial charge on any atom is -0.367 e. The van der Waals surface area contributed by atoms with Gasteiger partial charge in [0.15, 0.2) is 5.65 Å². The van der Waals surface area contributed by atoms with Crippen LogP contribution in [0.1, 0.15) is 29.5 Å². The number of nitrogens with zero attached hydrogens (tertiary/aromatic N) is 3. The van der Waals surface area contributed by atoms with E-state index in [4.69, 9.17) is 4.98 Å². The second-order valence-corrected chi connectivity index (χ2v) is 9.37. The van der Waals surface area contributed by atoms with Crippen molar-refractivity contribution in [2.75, 3.05) is 10.6 Å². The lowest BCUT2D eigenvalue weighted by Crippen LogP contribution is -2.22. The van der Waals surface area contributed by atoms with Crippen LogP contribution in [0.2, 0.25) is 0 Å². The lowest BCUT2D eigenvalue weighted by molar-refractivity contribution is 0.627. The molecule has 0 unspecified atom stereocenters. The molecule has 0 saturated heterocycles. The number of aromatic nitrogens is 5. The molecule has 1 aliphatic rings. The van der Waals surface area contributed by atoms with Crippen LogP contribution in [0.3, 0.4) is 0 Å². The van der Waals surface area contributed by atoms with Crippen LogP contribution < -0.4 is 27.0 Å². The first-order chi connectivity index (χ1) is 17.9. The van der Waals surface area contributed by atoms with Gasteiger partial charge in [0, 0.05) is 24.2 Å². The van der Waals surface area contributed by atoms with Crippen LogP contribution in [0, 0.1) is 12.7 Å². The summed E-state index contributed by atoms with van der Waals surface area (Å²) in [5.41, 5.74) is 4.94. The Kier molecular flexibility index (Phi) is 5.60. The zero-order valence-electron chi connectivity index (χ0n) is 20.3. The third kappa shape index (κ3) is 4.63. The van der Waals surface area contributed by atoms with Crippen molar-refractivity contribution < 1.29 is 4.39 Å². The quantitative estimate of drug-likeness (QED) is 0.278. The van der Waals surface area contributed by atoms with E-state index in [0.717, 1.165) is 46.5 Å². The summed E-state index contributed by atoms with van der Waals surface area (Å²) in [4.78, 5) is 21.9. The van der Waals surface area contributed by atoms with Crippen molar-refractivity contribution in [1.82, 2.24) is 24.6 Å². The van der Waals surface area contributed by atoms with E-state index in [1.54, 1.807) is 22.9 Å². The van der Waals surface area contributed by atoms with Crippen LogP contribution in [0.15, 0.2) is 59.5 Å². The highest BCUT2D eigenvalue weighted by atomic mass is 19.1. The van der Waals surface area contributed by atoms with Crippen molar-refractivity contribution in [3.05, 3.63) is 98.4 Å². The molecule has 3 heterocycles. The van der Waals surface area contributed by atoms with Crippen molar-refractivity contribution in [3.8, 4) is 11.1 Å². The predicted molar refractivity (Wildman–Crippen MR) is 143 cm³/mol. The Morgan fingerprint density at radius 2 is 2.00 bits per heavy atom. The zero-order valence-corrected chi connectivity index (χ0v) is 20.3. The van der Waals surface area contributed by atoms with Crippen molar-refractivity contribution >= 4 is 29.9 Å². The Labute approximate surface area is 211 Å². The molecule has 6 rings (SSSR count). The molecule has 1 saturated carbocycles. The molecule has 1 aliphatic carbocycles. The maximum Gasteiger partial charge on any atom is 0.323 e. The molecule has 186 valence electrons. The van der Waals surface area contributed by atoms with Gasteiger partial charge in [0.2, 0.25) is 0 Å². The van der Waals surface area contributed by atoms with Crippen LogP contribution in [0.25, 0.3) is 29.4 Å². The topological polar surface area (TPSA) is 103 Å². The molecule has 0 atom stereocenters. The Hall–Kier alpha value is -4.66. The minimum atomic E-state index is -0.317. The Balaban J connectivity index is 1.39. The van der Waals surface area contributed by atoms with Crippen LogP contribution in [0.4, 0.5) is 16.0 Å². The lowest BCUT2D eigenvalue weighted by atomic mass is 9.96. The fraction of sp³-hybridized carbons (Fsp3) is 0.179. The maximum atomic E-state index is 14.2. The largest absolute Gasteiger partial charge is 0.367 e. The van der Waals surface area contributed by atoms with Gasteiger partial charge in [-0.1, -0.05) is 36.9 Å². The maximum absolute atomic E-state index is 14.2. The molecule has 5 aromatic rings. The summed E-state index contributed by atoms with van der Waals surface area (Å²) in [6, 6.07) is 15.2. The van der Waals surface area contributed by atoms with Crippen LogP contribution in [0.5, 0.6) is 0 Å². The molecule has 1 fully saturated rings. The van der Waals surface area contributed by atoms with E-state index in [1.165, 1.54) is 6.07 Å². The highest BCUT2D eigenvalue weighted by Crippen LogP contribution is 2.30. The van der Waals surface area contributed by atoms with Gasteiger partial charge in [0.05, 0.1) is 16.9 Å². The fourth-order valence-corrected chi connectivity index (χ4v) is 4.44. The number of hydrogen-bond donors (Lipinski definition) is 4. The summed E-state index contributed by atoms with van der Waals surface area (Å²) in [6.45, 7) is 6.36. The van der Waals surface area contributed by atoms with Gasteiger partial charge in [-0.3, -0.25) is 0 Å². The van der Waals surface area contributed by atoms with Crippen LogP contribution in [-0.4, -0.2) is 30.6 Å². The lowest BCUT2D eigenvalue weighted by Gasteiger charge is -2.15. The first-order valence-corrected chi connectivity index (χ1v) is 12.2. The van der Waals surface area contributed by atoms with Gasteiger partial charge in [-0.15, -0.1) is 0 Å². The molecule has 0 amide bonds. The Morgan fingerprint density at radius 1 is 1.16 bits per heavy atom. The summed E-state index contributed by atoms with van der Waals surface area (Å²) in [7, 11) is 0. The van der Waals surface area contributed by atoms with E-state index in [-0.39, 0.29) is 11.5 Å². The zero-order chi connectivity index (χ0) is 25.5. The summed E-state index contributed by atoms with van der Waals surface area (Å²) in [5.74, 6) is 1.21. The average Bonchev–Trinajstić information content (AvgIpc) is 3.51. The van der Waals surface area contributed by atoms with Gasteiger partial charge in [-0.05, 0) is 60.2 Å². The molecule has 0 radical (unpaired) electrons.